The van der Waals surface area contributed by atoms with Crippen LogP contribution < -0.4 is 15.4 Å². The van der Waals surface area contributed by atoms with E-state index in [1.165, 1.54) is 10.9 Å². The third-order valence-electron chi connectivity index (χ3n) is 6.61. The van der Waals surface area contributed by atoms with Gasteiger partial charge in [0.05, 0.1) is 17.2 Å². The Balaban J connectivity index is 1.23. The van der Waals surface area contributed by atoms with Gasteiger partial charge in [-0.3, -0.25) is 14.2 Å². The second kappa shape index (κ2) is 9.38. The summed E-state index contributed by atoms with van der Waals surface area (Å²) in [5.74, 6) is 1.61. The van der Waals surface area contributed by atoms with Crippen LogP contribution in [0.4, 0.5) is 11.8 Å². The summed E-state index contributed by atoms with van der Waals surface area (Å²) in [4.78, 5) is 48.0. The lowest BCUT2D eigenvalue weighted by Crippen LogP contribution is -2.50. The lowest BCUT2D eigenvalue weighted by atomic mass is 10.2. The number of aryl methyl sites for hydroxylation is 1. The van der Waals surface area contributed by atoms with Crippen molar-refractivity contribution in [1.29, 1.82) is 0 Å². The summed E-state index contributed by atoms with van der Waals surface area (Å²) >= 11 is 0. The maximum absolute atomic E-state index is 12.9. The molecule has 34 heavy (non-hydrogen) atoms. The van der Waals surface area contributed by atoms with Crippen molar-refractivity contribution in [3.63, 3.8) is 0 Å². The summed E-state index contributed by atoms with van der Waals surface area (Å²) in [7, 11) is 2.14. The number of piperazine rings is 2. The number of fused-ring (bicyclic) bond motifs is 1. The van der Waals surface area contributed by atoms with Crippen LogP contribution in [0.15, 0.2) is 41.5 Å². The molecule has 2 aromatic heterocycles. The monoisotopic (exact) mass is 462 g/mol. The summed E-state index contributed by atoms with van der Waals surface area (Å²) in [6.07, 6.45) is 1.46. The Morgan fingerprint density at radius 1 is 0.941 bits per heavy atom. The molecule has 2 fully saturated rings. The number of nitrogens with zero attached hydrogens (tertiary/aromatic N) is 8. The molecule has 0 radical (unpaired) electrons. The van der Waals surface area contributed by atoms with Gasteiger partial charge in [0, 0.05) is 64.1 Å². The molecule has 0 atom stereocenters. The minimum absolute atomic E-state index is 0.00876. The Kier molecular flexibility index (Phi) is 6.14. The van der Waals surface area contributed by atoms with Crippen molar-refractivity contribution in [3.05, 3.63) is 52.7 Å². The van der Waals surface area contributed by atoms with Gasteiger partial charge in [0.25, 0.3) is 5.56 Å². The Labute approximate surface area is 198 Å². The number of likely N-dealkylation sites (N-methyl/N-ethyl adjacent to an activating group) is 1. The first kappa shape index (κ1) is 22.3. The molecular weight excluding hydrogens is 432 g/mol. The number of para-hydroxylation sites is 1. The van der Waals surface area contributed by atoms with Crippen LogP contribution in [0.3, 0.4) is 0 Å². The van der Waals surface area contributed by atoms with Crippen LogP contribution in [-0.2, 0) is 11.3 Å². The molecule has 0 bridgehead atoms. The largest absolute Gasteiger partial charge is 0.354 e. The second-order valence-electron chi connectivity index (χ2n) is 9.02. The molecule has 0 N–H and O–H groups in total. The van der Waals surface area contributed by atoms with Crippen LogP contribution >= 0.6 is 0 Å². The van der Waals surface area contributed by atoms with Crippen molar-refractivity contribution >= 4 is 28.6 Å². The molecule has 5 rings (SSSR count). The molecule has 0 saturated carbocycles. The lowest BCUT2D eigenvalue weighted by molar-refractivity contribution is -0.132. The third kappa shape index (κ3) is 4.58. The maximum atomic E-state index is 12.9. The first-order valence-electron chi connectivity index (χ1n) is 11.7. The number of benzene rings is 1. The topological polar surface area (TPSA) is 90.7 Å². The van der Waals surface area contributed by atoms with E-state index in [1.807, 2.05) is 19.1 Å². The Morgan fingerprint density at radius 2 is 1.65 bits per heavy atom. The first-order valence-corrected chi connectivity index (χ1v) is 11.7. The van der Waals surface area contributed by atoms with Gasteiger partial charge in [0.1, 0.15) is 12.4 Å². The van der Waals surface area contributed by atoms with Gasteiger partial charge < -0.3 is 19.6 Å². The molecule has 10 nitrogen and oxygen atoms in total. The molecule has 1 aromatic carbocycles. The van der Waals surface area contributed by atoms with E-state index in [0.29, 0.717) is 37.1 Å². The van der Waals surface area contributed by atoms with Crippen LogP contribution in [0.25, 0.3) is 10.9 Å². The van der Waals surface area contributed by atoms with Crippen molar-refractivity contribution in [1.82, 2.24) is 29.3 Å². The normalized spacial score (nSPS) is 17.4. The number of rotatable bonds is 4. The maximum Gasteiger partial charge on any atom is 0.261 e. The fourth-order valence-corrected chi connectivity index (χ4v) is 4.50. The smallest absolute Gasteiger partial charge is 0.261 e. The zero-order valence-corrected chi connectivity index (χ0v) is 19.7. The Morgan fingerprint density at radius 3 is 2.41 bits per heavy atom. The molecular formula is C24H30N8O2. The first-order chi connectivity index (χ1) is 16.5. The van der Waals surface area contributed by atoms with Crippen LogP contribution in [0.1, 0.15) is 5.69 Å². The van der Waals surface area contributed by atoms with Gasteiger partial charge >= 0.3 is 0 Å². The number of hydrogen-bond acceptors (Lipinski definition) is 8. The minimum atomic E-state index is -0.192. The van der Waals surface area contributed by atoms with E-state index in [-0.39, 0.29) is 18.0 Å². The van der Waals surface area contributed by atoms with Gasteiger partial charge in [-0.1, -0.05) is 12.1 Å². The van der Waals surface area contributed by atoms with Crippen molar-refractivity contribution < 1.29 is 4.79 Å². The van der Waals surface area contributed by atoms with Gasteiger partial charge in [-0.05, 0) is 26.1 Å². The van der Waals surface area contributed by atoms with E-state index in [2.05, 4.69) is 31.7 Å². The standard InChI is InChI=1S/C24H30N8O2/c1-18-15-21(29-9-7-28(2)8-10-29)27-24(26-18)31-13-11-30(12-14-31)22(33)16-32-17-25-20-6-4-3-5-19(20)23(32)34/h3-6,15,17H,7-14,16H2,1-2H3. The van der Waals surface area contributed by atoms with Gasteiger partial charge in [0.2, 0.25) is 11.9 Å². The van der Waals surface area contributed by atoms with Crippen molar-refractivity contribution in [2.24, 2.45) is 0 Å². The highest BCUT2D eigenvalue weighted by Gasteiger charge is 2.24. The number of carbonyl (C=O) groups is 1. The lowest BCUT2D eigenvalue weighted by Gasteiger charge is -2.36. The average Bonchev–Trinajstić information content (AvgIpc) is 2.86. The molecule has 2 aliphatic rings. The summed E-state index contributed by atoms with van der Waals surface area (Å²) in [5, 5.41) is 0.523. The van der Waals surface area contributed by atoms with E-state index in [1.54, 1.807) is 23.1 Å². The molecule has 10 heteroatoms. The van der Waals surface area contributed by atoms with Gasteiger partial charge in [-0.15, -0.1) is 0 Å². The average molecular weight is 463 g/mol. The number of anilines is 2. The Hall–Kier alpha value is -3.53. The van der Waals surface area contributed by atoms with Gasteiger partial charge in [-0.2, -0.15) is 4.98 Å². The van der Waals surface area contributed by atoms with E-state index in [4.69, 9.17) is 4.98 Å². The molecule has 2 saturated heterocycles. The van der Waals surface area contributed by atoms with Crippen LogP contribution in [0.5, 0.6) is 0 Å². The number of aromatic nitrogens is 4. The highest BCUT2D eigenvalue weighted by molar-refractivity contribution is 5.79. The molecule has 0 unspecified atom stereocenters. The van der Waals surface area contributed by atoms with Gasteiger partial charge in [0.15, 0.2) is 0 Å². The quantitative estimate of drug-likeness (QED) is 0.557. The highest BCUT2D eigenvalue weighted by atomic mass is 16.2. The summed E-state index contributed by atoms with van der Waals surface area (Å²) in [6.45, 7) is 8.39. The van der Waals surface area contributed by atoms with E-state index < -0.39 is 0 Å². The number of hydrogen-bond donors (Lipinski definition) is 0. The van der Waals surface area contributed by atoms with Crippen molar-refractivity contribution in [2.45, 2.75) is 13.5 Å². The van der Waals surface area contributed by atoms with Crippen LogP contribution in [-0.4, -0.2) is 94.6 Å². The van der Waals surface area contributed by atoms with Gasteiger partial charge in [-0.25, -0.2) is 9.97 Å². The van der Waals surface area contributed by atoms with Crippen LogP contribution in [0.2, 0.25) is 0 Å². The molecule has 0 aliphatic carbocycles. The zero-order valence-electron chi connectivity index (χ0n) is 19.7. The molecule has 2 aliphatic heterocycles. The SMILES string of the molecule is Cc1cc(N2CCN(C)CC2)nc(N2CCN(C(=O)Cn3cnc4ccccc4c3=O)CC2)n1. The predicted molar refractivity (Wildman–Crippen MR) is 131 cm³/mol. The fourth-order valence-electron chi connectivity index (χ4n) is 4.50. The predicted octanol–water partition coefficient (Wildman–Crippen LogP) is 0.596. The molecule has 1 amide bonds. The molecule has 4 heterocycles. The fraction of sp³-hybridized carbons (Fsp3) is 0.458. The van der Waals surface area contributed by atoms with Crippen LogP contribution in [0, 0.1) is 6.92 Å². The Bertz CT molecular complexity index is 1240. The summed E-state index contributed by atoms with van der Waals surface area (Å²) in [5.41, 5.74) is 1.39. The van der Waals surface area contributed by atoms with E-state index in [9.17, 15) is 9.59 Å². The van der Waals surface area contributed by atoms with E-state index >= 15 is 0 Å². The van der Waals surface area contributed by atoms with Crippen molar-refractivity contribution in [3.8, 4) is 0 Å². The highest BCUT2D eigenvalue weighted by Crippen LogP contribution is 2.20. The summed E-state index contributed by atoms with van der Waals surface area (Å²) < 4.78 is 1.39. The second-order valence-corrected chi connectivity index (χ2v) is 9.02. The number of amides is 1. The molecule has 178 valence electrons. The summed E-state index contributed by atoms with van der Waals surface area (Å²) in [6, 6.07) is 9.23. The number of carbonyl (C=O) groups excluding carboxylic acids is 1. The third-order valence-corrected chi connectivity index (χ3v) is 6.61. The minimum Gasteiger partial charge on any atom is -0.354 e. The van der Waals surface area contributed by atoms with Crippen molar-refractivity contribution in [2.75, 3.05) is 69.2 Å². The van der Waals surface area contributed by atoms with E-state index in [0.717, 1.165) is 43.6 Å². The zero-order chi connectivity index (χ0) is 23.7. The molecule has 0 spiro atoms. The molecule has 3 aromatic rings.